The van der Waals surface area contributed by atoms with Crippen LogP contribution in [-0.2, 0) is 17.8 Å². The van der Waals surface area contributed by atoms with Gasteiger partial charge in [-0.3, -0.25) is 9.59 Å². The highest BCUT2D eigenvalue weighted by Crippen LogP contribution is 2.34. The first-order valence-corrected chi connectivity index (χ1v) is 10.4. The topological polar surface area (TPSA) is 96.5 Å². The van der Waals surface area contributed by atoms with Gasteiger partial charge < -0.3 is 20.9 Å². The Labute approximate surface area is 204 Å². The molecule has 5 rings (SSSR count). The highest BCUT2D eigenvalue weighted by molar-refractivity contribution is 5.97. The number of aromatic nitrogens is 2. The number of nitrogens with one attached hydrogen (secondary N) is 1. The third-order valence-electron chi connectivity index (χ3n) is 5.96. The molecule has 174 valence electrons. The number of rotatable bonds is 4. The molecule has 0 unspecified atom stereocenters. The van der Waals surface area contributed by atoms with Crippen molar-refractivity contribution in [2.24, 2.45) is 5.73 Å². The summed E-state index contributed by atoms with van der Waals surface area (Å²) in [4.78, 5) is 28.8. The molecule has 1 atom stereocenters. The fourth-order valence-corrected chi connectivity index (χ4v) is 4.20. The molecule has 1 aromatic heterocycles. The maximum Gasteiger partial charge on any atom is 0.253 e. The van der Waals surface area contributed by atoms with Crippen molar-refractivity contribution >= 4 is 54.0 Å². The van der Waals surface area contributed by atoms with Gasteiger partial charge in [0.1, 0.15) is 11.9 Å². The standard InChI is InChI=1S/C23H24N6O2.2ClH/c1-27-10-9-16-13-17(7-8-18(16)23(27)31)28-11-12-29-20(28)14-19(26-29)25-22(30)21(24)15-5-3-2-4-6-15;;/h2-8,13-14,21H,9-12,24H2,1H3,(H,25,26,30);2*1H/t21-;;/m1../s1. The molecule has 2 aliphatic rings. The van der Waals surface area contributed by atoms with Crippen LogP contribution in [0.15, 0.2) is 54.6 Å². The number of hydrogen-bond acceptors (Lipinski definition) is 5. The first-order valence-electron chi connectivity index (χ1n) is 10.4. The molecule has 0 saturated carbocycles. The van der Waals surface area contributed by atoms with Crippen molar-refractivity contribution in [3.63, 3.8) is 0 Å². The molecular formula is C23H26Cl2N6O2. The largest absolute Gasteiger partial charge is 0.341 e. The van der Waals surface area contributed by atoms with Gasteiger partial charge in [-0.1, -0.05) is 30.3 Å². The Hall–Kier alpha value is -3.07. The van der Waals surface area contributed by atoms with Crippen molar-refractivity contribution < 1.29 is 9.59 Å². The Bertz CT molecular complexity index is 1170. The van der Waals surface area contributed by atoms with E-state index < -0.39 is 6.04 Å². The number of likely N-dealkylation sites (N-methyl/N-ethyl adjacent to an activating group) is 1. The minimum absolute atomic E-state index is 0. The maximum absolute atomic E-state index is 12.6. The van der Waals surface area contributed by atoms with E-state index in [-0.39, 0.29) is 36.6 Å². The number of nitrogens with zero attached hydrogens (tertiary/aromatic N) is 4. The van der Waals surface area contributed by atoms with E-state index in [2.05, 4.69) is 21.4 Å². The summed E-state index contributed by atoms with van der Waals surface area (Å²) in [6.07, 6.45) is 0.844. The van der Waals surface area contributed by atoms with Crippen molar-refractivity contribution in [1.82, 2.24) is 14.7 Å². The lowest BCUT2D eigenvalue weighted by molar-refractivity contribution is -0.117. The third kappa shape index (κ3) is 4.55. The Kier molecular flexibility index (Phi) is 7.31. The number of carbonyl (C=O) groups is 2. The van der Waals surface area contributed by atoms with E-state index in [1.165, 1.54) is 0 Å². The van der Waals surface area contributed by atoms with Crippen LogP contribution < -0.4 is 16.0 Å². The molecule has 0 saturated heterocycles. The van der Waals surface area contributed by atoms with Crippen LogP contribution in [0.2, 0.25) is 0 Å². The zero-order valence-corrected chi connectivity index (χ0v) is 19.7. The van der Waals surface area contributed by atoms with Crippen molar-refractivity contribution in [3.8, 4) is 0 Å². The van der Waals surface area contributed by atoms with Crippen LogP contribution in [-0.4, -0.2) is 46.6 Å². The average Bonchev–Trinajstić information content (AvgIpc) is 3.36. The Morgan fingerprint density at radius 1 is 1.06 bits per heavy atom. The molecule has 0 spiro atoms. The summed E-state index contributed by atoms with van der Waals surface area (Å²) in [6.45, 7) is 2.23. The fraction of sp³-hybridized carbons (Fsp3) is 0.261. The van der Waals surface area contributed by atoms with E-state index in [1.54, 1.807) is 4.90 Å². The Morgan fingerprint density at radius 3 is 2.58 bits per heavy atom. The predicted molar refractivity (Wildman–Crippen MR) is 133 cm³/mol. The van der Waals surface area contributed by atoms with Crippen LogP contribution >= 0.6 is 24.8 Å². The van der Waals surface area contributed by atoms with Gasteiger partial charge in [0, 0.05) is 37.5 Å². The molecule has 3 heterocycles. The van der Waals surface area contributed by atoms with E-state index in [9.17, 15) is 9.59 Å². The van der Waals surface area contributed by atoms with Crippen molar-refractivity contribution in [2.75, 3.05) is 30.4 Å². The van der Waals surface area contributed by atoms with Gasteiger partial charge in [0.15, 0.2) is 5.82 Å². The van der Waals surface area contributed by atoms with Gasteiger partial charge in [0.2, 0.25) is 5.91 Å². The monoisotopic (exact) mass is 488 g/mol. The molecule has 0 radical (unpaired) electrons. The fourth-order valence-electron chi connectivity index (χ4n) is 4.20. The number of amides is 2. The van der Waals surface area contributed by atoms with Crippen LogP contribution in [0.5, 0.6) is 0 Å². The molecule has 2 aromatic carbocycles. The van der Waals surface area contributed by atoms with Gasteiger partial charge in [0.25, 0.3) is 5.91 Å². The van der Waals surface area contributed by atoms with E-state index in [0.29, 0.717) is 12.4 Å². The molecule has 2 aliphatic heterocycles. The zero-order valence-electron chi connectivity index (χ0n) is 18.1. The molecule has 10 heteroatoms. The van der Waals surface area contributed by atoms with E-state index in [1.807, 2.05) is 60.3 Å². The molecule has 8 nitrogen and oxygen atoms in total. The van der Waals surface area contributed by atoms with Gasteiger partial charge in [-0.2, -0.15) is 5.10 Å². The van der Waals surface area contributed by atoms with Gasteiger partial charge >= 0.3 is 0 Å². The lowest BCUT2D eigenvalue weighted by Gasteiger charge is -2.26. The summed E-state index contributed by atoms with van der Waals surface area (Å²) in [7, 11) is 1.83. The highest BCUT2D eigenvalue weighted by atomic mass is 35.5. The smallest absolute Gasteiger partial charge is 0.253 e. The molecular weight excluding hydrogens is 463 g/mol. The Balaban J connectivity index is 0.00000153. The predicted octanol–water partition coefficient (Wildman–Crippen LogP) is 3.15. The van der Waals surface area contributed by atoms with Crippen molar-refractivity contribution in [1.29, 1.82) is 0 Å². The van der Waals surface area contributed by atoms with Crippen LogP contribution in [0.3, 0.4) is 0 Å². The molecule has 2 amide bonds. The van der Waals surface area contributed by atoms with E-state index >= 15 is 0 Å². The molecule has 3 aromatic rings. The van der Waals surface area contributed by atoms with Crippen molar-refractivity contribution in [3.05, 3.63) is 71.3 Å². The first-order chi connectivity index (χ1) is 15.0. The van der Waals surface area contributed by atoms with Gasteiger partial charge in [-0.15, -0.1) is 24.8 Å². The minimum atomic E-state index is -0.759. The van der Waals surface area contributed by atoms with E-state index in [4.69, 9.17) is 5.73 Å². The number of hydrogen-bond donors (Lipinski definition) is 2. The zero-order chi connectivity index (χ0) is 21.5. The summed E-state index contributed by atoms with van der Waals surface area (Å²) < 4.78 is 1.88. The Morgan fingerprint density at radius 2 is 1.82 bits per heavy atom. The minimum Gasteiger partial charge on any atom is -0.341 e. The lowest BCUT2D eigenvalue weighted by Crippen LogP contribution is -2.34. The van der Waals surface area contributed by atoms with Crippen LogP contribution in [0.25, 0.3) is 0 Å². The average molecular weight is 489 g/mol. The molecule has 0 aliphatic carbocycles. The second-order valence-electron chi connectivity index (χ2n) is 7.96. The van der Waals surface area contributed by atoms with Gasteiger partial charge in [-0.25, -0.2) is 4.68 Å². The highest BCUT2D eigenvalue weighted by Gasteiger charge is 2.27. The number of nitrogens with two attached hydrogens (primary N) is 1. The van der Waals surface area contributed by atoms with Crippen molar-refractivity contribution in [2.45, 2.75) is 19.0 Å². The van der Waals surface area contributed by atoms with Crippen LogP contribution in [0.4, 0.5) is 17.3 Å². The third-order valence-corrected chi connectivity index (χ3v) is 5.96. The number of carbonyl (C=O) groups excluding carboxylic acids is 2. The maximum atomic E-state index is 12.6. The first kappa shape index (κ1) is 24.6. The molecule has 33 heavy (non-hydrogen) atoms. The number of benzene rings is 2. The summed E-state index contributed by atoms with van der Waals surface area (Å²) in [5.41, 5.74) is 9.71. The number of anilines is 3. The second-order valence-corrected chi connectivity index (χ2v) is 7.96. The molecule has 0 fully saturated rings. The van der Waals surface area contributed by atoms with Crippen LogP contribution in [0.1, 0.15) is 27.5 Å². The van der Waals surface area contributed by atoms with Crippen LogP contribution in [0, 0.1) is 0 Å². The van der Waals surface area contributed by atoms with Gasteiger partial charge in [-0.05, 0) is 35.7 Å². The lowest BCUT2D eigenvalue weighted by atomic mass is 9.98. The number of fused-ring (bicyclic) bond motifs is 2. The van der Waals surface area contributed by atoms with E-state index in [0.717, 1.165) is 47.7 Å². The normalized spacial score (nSPS) is 15.2. The second kappa shape index (κ2) is 9.82. The molecule has 0 bridgehead atoms. The summed E-state index contributed by atoms with van der Waals surface area (Å²) in [5.74, 6) is 1.15. The summed E-state index contributed by atoms with van der Waals surface area (Å²) in [6, 6.07) is 16.3. The number of halogens is 2. The quantitative estimate of drug-likeness (QED) is 0.587. The SMILES string of the molecule is CN1CCc2cc(N3CCn4nc(NC(=O)[C@H](N)c5ccccc5)cc43)ccc2C1=O.Cl.Cl. The summed E-state index contributed by atoms with van der Waals surface area (Å²) in [5, 5.41) is 7.35. The van der Waals surface area contributed by atoms with Gasteiger partial charge in [0.05, 0.1) is 6.54 Å². The summed E-state index contributed by atoms with van der Waals surface area (Å²) >= 11 is 0. The molecule has 3 N–H and O–H groups in total.